The van der Waals surface area contributed by atoms with Crippen LogP contribution in [0.5, 0.6) is 0 Å². The molecule has 0 aliphatic carbocycles. The van der Waals surface area contributed by atoms with Gasteiger partial charge in [0.05, 0.1) is 11.3 Å². The average molecular weight is 570 g/mol. The molecular formula is C32H45F2N5O2. The predicted octanol–water partition coefficient (Wildman–Crippen LogP) is 7.17. The molecule has 7 nitrogen and oxygen atoms in total. The van der Waals surface area contributed by atoms with Crippen LogP contribution < -0.4 is 11.5 Å². The Morgan fingerprint density at radius 2 is 1.73 bits per heavy atom. The van der Waals surface area contributed by atoms with Crippen molar-refractivity contribution in [1.29, 1.82) is 0 Å². The van der Waals surface area contributed by atoms with E-state index in [2.05, 4.69) is 18.8 Å². The number of hydrogen-bond donors (Lipinski definition) is 2. The maximum Gasteiger partial charge on any atom is 0.410 e. The highest BCUT2D eigenvalue weighted by Gasteiger charge is 2.25. The molecular weight excluding hydrogens is 524 g/mol. The summed E-state index contributed by atoms with van der Waals surface area (Å²) in [5.74, 6) is -1.28. The molecule has 41 heavy (non-hydrogen) atoms. The van der Waals surface area contributed by atoms with E-state index in [0.717, 1.165) is 5.57 Å². The molecule has 1 aliphatic heterocycles. The molecule has 9 heteroatoms. The van der Waals surface area contributed by atoms with Crippen LogP contribution in [-0.2, 0) is 4.74 Å². The van der Waals surface area contributed by atoms with Crippen LogP contribution in [0.4, 0.5) is 13.6 Å². The number of aromatic nitrogens is 2. The largest absolute Gasteiger partial charge is 0.444 e. The van der Waals surface area contributed by atoms with Crippen molar-refractivity contribution in [3.05, 3.63) is 82.6 Å². The maximum absolute atomic E-state index is 14.3. The van der Waals surface area contributed by atoms with Gasteiger partial charge in [-0.3, -0.25) is 0 Å². The lowest BCUT2D eigenvalue weighted by atomic mass is 9.91. The van der Waals surface area contributed by atoms with Crippen molar-refractivity contribution in [3.8, 4) is 0 Å². The zero-order valence-electron chi connectivity index (χ0n) is 25.6. The lowest BCUT2D eigenvalue weighted by Gasteiger charge is -2.29. The number of amides is 1. The molecule has 1 aromatic carbocycles. The number of rotatable bonds is 6. The monoisotopic (exact) mass is 569 g/mol. The molecule has 1 amide bonds. The van der Waals surface area contributed by atoms with Crippen LogP contribution in [0.15, 0.2) is 53.9 Å². The molecule has 2 aromatic rings. The first-order valence-electron chi connectivity index (χ1n) is 14.1. The van der Waals surface area contributed by atoms with Crippen molar-refractivity contribution < 1.29 is 18.3 Å². The molecule has 0 radical (unpaired) electrons. The molecule has 0 saturated heterocycles. The molecule has 3 rings (SSSR count). The summed E-state index contributed by atoms with van der Waals surface area (Å²) < 4.78 is 34.0. The van der Waals surface area contributed by atoms with Crippen molar-refractivity contribution in [1.82, 2.24) is 14.9 Å². The third-order valence-electron chi connectivity index (χ3n) is 6.25. The Hall–Kier alpha value is -3.75. The van der Waals surface area contributed by atoms with Gasteiger partial charge in [-0.1, -0.05) is 53.2 Å². The van der Waals surface area contributed by atoms with Gasteiger partial charge in [0.15, 0.2) is 5.82 Å². The number of nitrogens with zero attached hydrogens (tertiary/aromatic N) is 3. The Balaban J connectivity index is 0.00000187. The number of halogens is 2. The molecule has 1 aliphatic rings. The summed E-state index contributed by atoms with van der Waals surface area (Å²) in [6.45, 7) is 16.5. The Labute approximate surface area is 243 Å². The van der Waals surface area contributed by atoms with Crippen molar-refractivity contribution in [2.24, 2.45) is 17.4 Å². The van der Waals surface area contributed by atoms with E-state index in [1.165, 1.54) is 30.7 Å². The van der Waals surface area contributed by atoms with Gasteiger partial charge in [0, 0.05) is 36.6 Å². The summed E-state index contributed by atoms with van der Waals surface area (Å²) in [5, 5.41) is 0. The summed E-state index contributed by atoms with van der Waals surface area (Å²) >= 11 is 0. The number of nitrogens with two attached hydrogens (primary N) is 2. The fourth-order valence-electron chi connectivity index (χ4n) is 4.14. The van der Waals surface area contributed by atoms with Gasteiger partial charge in [0.25, 0.3) is 0 Å². The first-order chi connectivity index (χ1) is 19.2. The summed E-state index contributed by atoms with van der Waals surface area (Å²) in [5.41, 5.74) is 14.6. The van der Waals surface area contributed by atoms with Crippen molar-refractivity contribution >= 4 is 17.4 Å². The van der Waals surface area contributed by atoms with Gasteiger partial charge in [-0.2, -0.15) is 0 Å². The maximum atomic E-state index is 14.3. The zero-order chi connectivity index (χ0) is 30.9. The molecule has 2 heterocycles. The second-order valence-electron chi connectivity index (χ2n) is 11.4. The van der Waals surface area contributed by atoms with E-state index in [4.69, 9.17) is 21.2 Å². The van der Waals surface area contributed by atoms with Crippen LogP contribution in [0.2, 0.25) is 0 Å². The molecule has 1 aromatic heterocycles. The number of benzene rings is 1. The fraction of sp³-hybridized carbons (Fsp3) is 0.469. The van der Waals surface area contributed by atoms with Crippen molar-refractivity contribution in [2.75, 3.05) is 13.1 Å². The Morgan fingerprint density at radius 3 is 2.24 bits per heavy atom. The van der Waals surface area contributed by atoms with E-state index in [0.29, 0.717) is 42.3 Å². The minimum Gasteiger partial charge on any atom is -0.444 e. The van der Waals surface area contributed by atoms with E-state index in [-0.39, 0.29) is 29.2 Å². The minimum absolute atomic E-state index is 0.0373. The Morgan fingerprint density at radius 1 is 1.12 bits per heavy atom. The molecule has 0 spiro atoms. The van der Waals surface area contributed by atoms with Gasteiger partial charge in [0.1, 0.15) is 17.2 Å². The third-order valence-corrected chi connectivity index (χ3v) is 6.25. The van der Waals surface area contributed by atoms with Gasteiger partial charge in [-0.15, -0.1) is 0 Å². The first kappa shape index (κ1) is 33.5. The zero-order valence-corrected chi connectivity index (χ0v) is 25.6. The van der Waals surface area contributed by atoms with Crippen LogP contribution in [0.3, 0.4) is 0 Å². The first-order valence-corrected chi connectivity index (χ1v) is 14.1. The average Bonchev–Trinajstić information content (AvgIpc) is 2.90. The standard InChI is InChI=1S/C29H37F2N5O2.C3H8/c1-17(2)20(16-23(32)25-21(30)8-7-9-22(25)31)26(33)18(3)24-10-13-34-27(35-24)19-11-14-36(15-12-19)28(37)38-29(4,5)6;1-3-2/h7-11,13,16-18H,12,14-15,32-33H2,1-6H3;3H2,1-2H3/b23-16-,26-20+;. The Kier molecular flexibility index (Phi) is 12.0. The number of hydrogen-bond acceptors (Lipinski definition) is 6. The van der Waals surface area contributed by atoms with E-state index in [9.17, 15) is 13.6 Å². The molecule has 224 valence electrons. The van der Waals surface area contributed by atoms with Gasteiger partial charge in [0.2, 0.25) is 0 Å². The molecule has 1 atom stereocenters. The third kappa shape index (κ3) is 9.40. The van der Waals surface area contributed by atoms with Gasteiger partial charge >= 0.3 is 6.09 Å². The van der Waals surface area contributed by atoms with Gasteiger partial charge in [-0.05, 0) is 68.5 Å². The van der Waals surface area contributed by atoms with Gasteiger partial charge < -0.3 is 21.1 Å². The second kappa shape index (κ2) is 14.8. The number of allylic oxidation sites excluding steroid dienone is 3. The quantitative estimate of drug-likeness (QED) is 0.357. The summed E-state index contributed by atoms with van der Waals surface area (Å²) in [6, 6.07) is 5.41. The summed E-state index contributed by atoms with van der Waals surface area (Å²) in [7, 11) is 0. The molecule has 1 unspecified atom stereocenters. The highest BCUT2D eigenvalue weighted by Crippen LogP contribution is 2.29. The van der Waals surface area contributed by atoms with Crippen LogP contribution in [0.25, 0.3) is 11.3 Å². The predicted molar refractivity (Wildman–Crippen MR) is 161 cm³/mol. The topological polar surface area (TPSA) is 107 Å². The second-order valence-corrected chi connectivity index (χ2v) is 11.4. The van der Waals surface area contributed by atoms with E-state index >= 15 is 0 Å². The SMILES string of the molecule is CC(C)C(/C=C(\N)c1c(F)cccc1F)=C(/N)C(C)c1ccnc(C2=CCN(C(=O)OC(C)(C)C)CC2)n1.CCC. The lowest BCUT2D eigenvalue weighted by molar-refractivity contribution is 0.0270. The highest BCUT2D eigenvalue weighted by atomic mass is 19.1. The van der Waals surface area contributed by atoms with E-state index in [1.807, 2.05) is 47.6 Å². The molecule has 4 N–H and O–H groups in total. The summed E-state index contributed by atoms with van der Waals surface area (Å²) in [6.07, 6.45) is 6.64. The van der Waals surface area contributed by atoms with Crippen LogP contribution >= 0.6 is 0 Å². The smallest absolute Gasteiger partial charge is 0.410 e. The Bertz CT molecular complexity index is 1270. The fourth-order valence-corrected chi connectivity index (χ4v) is 4.14. The van der Waals surface area contributed by atoms with Crippen LogP contribution in [0.1, 0.15) is 91.2 Å². The van der Waals surface area contributed by atoms with Crippen LogP contribution in [0, 0.1) is 17.6 Å². The number of ether oxygens (including phenoxy) is 1. The van der Waals surface area contributed by atoms with Crippen LogP contribution in [-0.4, -0.2) is 39.7 Å². The van der Waals surface area contributed by atoms with E-state index < -0.39 is 17.2 Å². The summed E-state index contributed by atoms with van der Waals surface area (Å²) in [4.78, 5) is 23.2. The van der Waals surface area contributed by atoms with Crippen molar-refractivity contribution in [3.63, 3.8) is 0 Å². The number of carbonyl (C=O) groups excluding carboxylic acids is 1. The minimum atomic E-state index is -0.736. The molecule has 0 bridgehead atoms. The highest BCUT2D eigenvalue weighted by molar-refractivity contribution is 5.71. The normalized spacial score (nSPS) is 15.4. The van der Waals surface area contributed by atoms with E-state index in [1.54, 1.807) is 17.2 Å². The van der Waals surface area contributed by atoms with Gasteiger partial charge in [-0.25, -0.2) is 23.5 Å². The molecule has 0 fully saturated rings. The number of carbonyl (C=O) groups is 1. The lowest BCUT2D eigenvalue weighted by Crippen LogP contribution is -2.39. The van der Waals surface area contributed by atoms with Crippen molar-refractivity contribution in [2.45, 2.75) is 79.8 Å². The molecule has 0 saturated carbocycles.